The van der Waals surface area contributed by atoms with Crippen molar-refractivity contribution in [2.24, 2.45) is 11.3 Å². The van der Waals surface area contributed by atoms with Gasteiger partial charge in [-0.1, -0.05) is 44.2 Å². The van der Waals surface area contributed by atoms with Crippen LogP contribution in [-0.4, -0.2) is 59.8 Å². The number of rotatable bonds is 11. The quantitative estimate of drug-likeness (QED) is 0.329. The van der Waals surface area contributed by atoms with Gasteiger partial charge in [0, 0.05) is 38.5 Å². The maximum absolute atomic E-state index is 13.3. The van der Waals surface area contributed by atoms with Gasteiger partial charge in [0.1, 0.15) is 5.82 Å². The van der Waals surface area contributed by atoms with E-state index in [1.54, 1.807) is 6.92 Å². The SMILES string of the molecule is CCC(=O)NC1CCC(CN(C)CC(C)(C)Cc2ccc(F)cc2)C(NC(=O)Nc2nc(C)c(C(C)=O)s2)C1. The summed E-state index contributed by atoms with van der Waals surface area (Å²) in [5.74, 6) is -0.101. The molecule has 1 aromatic heterocycles. The molecule has 3 N–H and O–H groups in total. The molecule has 10 heteroatoms. The molecule has 0 saturated heterocycles. The fourth-order valence-electron chi connectivity index (χ4n) is 5.57. The van der Waals surface area contributed by atoms with Gasteiger partial charge in [-0.2, -0.15) is 0 Å². The Morgan fingerprint density at radius 2 is 1.85 bits per heavy atom. The minimum Gasteiger partial charge on any atom is -0.353 e. The molecule has 3 atom stereocenters. The zero-order chi connectivity index (χ0) is 28.7. The Hall–Kier alpha value is -2.85. The molecule has 0 spiro atoms. The van der Waals surface area contributed by atoms with E-state index in [0.29, 0.717) is 28.5 Å². The number of nitrogens with zero attached hydrogens (tertiary/aromatic N) is 2. The first kappa shape index (κ1) is 30.7. The van der Waals surface area contributed by atoms with E-state index in [4.69, 9.17) is 0 Å². The second kappa shape index (κ2) is 13.5. The van der Waals surface area contributed by atoms with E-state index in [9.17, 15) is 18.8 Å². The molecule has 3 amide bonds. The van der Waals surface area contributed by atoms with Gasteiger partial charge >= 0.3 is 6.03 Å². The van der Waals surface area contributed by atoms with E-state index >= 15 is 0 Å². The van der Waals surface area contributed by atoms with Gasteiger partial charge in [-0.15, -0.1) is 0 Å². The van der Waals surface area contributed by atoms with Gasteiger partial charge in [0.05, 0.1) is 10.6 Å². The first-order chi connectivity index (χ1) is 18.3. The van der Waals surface area contributed by atoms with E-state index in [1.165, 1.54) is 30.4 Å². The number of hydrogen-bond donors (Lipinski definition) is 3. The Bertz CT molecular complexity index is 1150. The lowest BCUT2D eigenvalue weighted by atomic mass is 9.80. The number of carbonyl (C=O) groups excluding carboxylic acids is 3. The third-order valence-corrected chi connectivity index (χ3v) is 8.35. The number of ketones is 1. The monoisotopic (exact) mass is 559 g/mol. The number of urea groups is 1. The van der Waals surface area contributed by atoms with Crippen molar-refractivity contribution in [1.82, 2.24) is 20.5 Å². The third kappa shape index (κ3) is 9.39. The van der Waals surface area contributed by atoms with Crippen LogP contribution in [0.3, 0.4) is 0 Å². The number of halogens is 1. The van der Waals surface area contributed by atoms with Crippen molar-refractivity contribution in [3.8, 4) is 0 Å². The summed E-state index contributed by atoms with van der Waals surface area (Å²) < 4.78 is 13.3. The predicted octanol–water partition coefficient (Wildman–Crippen LogP) is 5.18. The molecule has 0 aliphatic heterocycles. The van der Waals surface area contributed by atoms with E-state index in [2.05, 4.69) is 46.7 Å². The van der Waals surface area contributed by atoms with E-state index in [-0.39, 0.29) is 47.0 Å². The van der Waals surface area contributed by atoms with Crippen LogP contribution in [0.25, 0.3) is 0 Å². The summed E-state index contributed by atoms with van der Waals surface area (Å²) in [5.41, 5.74) is 1.67. The molecule has 0 bridgehead atoms. The van der Waals surface area contributed by atoms with Crippen LogP contribution in [0.5, 0.6) is 0 Å². The highest BCUT2D eigenvalue weighted by atomic mass is 32.1. The van der Waals surface area contributed by atoms with Gasteiger partial charge in [-0.25, -0.2) is 14.2 Å². The molecule has 214 valence electrons. The number of nitrogens with one attached hydrogen (secondary N) is 3. The molecule has 2 aromatic rings. The van der Waals surface area contributed by atoms with Gasteiger partial charge in [-0.05, 0) is 68.7 Å². The topological polar surface area (TPSA) is 103 Å². The highest BCUT2D eigenvalue weighted by molar-refractivity contribution is 7.17. The van der Waals surface area contributed by atoms with Gasteiger partial charge < -0.3 is 15.5 Å². The van der Waals surface area contributed by atoms with Gasteiger partial charge in [0.25, 0.3) is 0 Å². The molecule has 1 saturated carbocycles. The lowest BCUT2D eigenvalue weighted by molar-refractivity contribution is -0.121. The molecule has 3 unspecified atom stereocenters. The molecule has 1 aliphatic carbocycles. The molecule has 1 heterocycles. The van der Waals surface area contributed by atoms with E-state index in [1.807, 2.05) is 19.1 Å². The first-order valence-corrected chi connectivity index (χ1v) is 14.4. The average molecular weight is 560 g/mol. The van der Waals surface area contributed by atoms with Crippen LogP contribution in [0.1, 0.15) is 74.3 Å². The fraction of sp³-hybridized carbons (Fsp3) is 0.586. The summed E-state index contributed by atoms with van der Waals surface area (Å²) in [7, 11) is 2.09. The molecule has 39 heavy (non-hydrogen) atoms. The second-order valence-electron chi connectivity index (χ2n) is 11.6. The molecule has 3 rings (SSSR count). The Balaban J connectivity index is 1.65. The highest BCUT2D eigenvalue weighted by Crippen LogP contribution is 2.29. The number of anilines is 1. The van der Waals surface area contributed by atoms with Gasteiger partial charge in [-0.3, -0.25) is 14.9 Å². The summed E-state index contributed by atoms with van der Waals surface area (Å²) in [4.78, 5) is 44.0. The molecule has 8 nitrogen and oxygen atoms in total. The molecule has 0 radical (unpaired) electrons. The maximum atomic E-state index is 13.3. The van der Waals surface area contributed by atoms with Crippen molar-refractivity contribution in [2.45, 2.75) is 78.8 Å². The third-order valence-electron chi connectivity index (χ3n) is 7.17. The van der Waals surface area contributed by atoms with Crippen LogP contribution < -0.4 is 16.0 Å². The zero-order valence-corrected chi connectivity index (χ0v) is 24.7. The van der Waals surface area contributed by atoms with E-state index < -0.39 is 0 Å². The van der Waals surface area contributed by atoms with Crippen LogP contribution in [0, 0.1) is 24.1 Å². The van der Waals surface area contributed by atoms with E-state index in [0.717, 1.165) is 37.9 Å². The normalized spacial score (nSPS) is 19.5. The lowest BCUT2D eigenvalue weighted by Crippen LogP contribution is -2.53. The number of carbonyl (C=O) groups is 3. The standard InChI is InChI=1S/C29H42FN5O3S/c1-7-25(37)32-23-13-10-21(16-35(6)17-29(4,5)15-20-8-11-22(30)12-9-20)24(14-23)33-27(38)34-28-31-18(2)26(39-28)19(3)36/h8-9,11-12,21,23-24H,7,10,13-17H2,1-6H3,(H,32,37)(H2,31,33,34,38). The van der Waals surface area contributed by atoms with Crippen LogP contribution in [0.4, 0.5) is 14.3 Å². The Labute approximate surface area is 235 Å². The minimum atomic E-state index is -0.365. The van der Waals surface area contributed by atoms with Gasteiger partial charge in [0.2, 0.25) is 5.91 Å². The number of amides is 3. The molecule has 1 aromatic carbocycles. The summed E-state index contributed by atoms with van der Waals surface area (Å²) in [5, 5.41) is 9.40. The Morgan fingerprint density at radius 3 is 2.46 bits per heavy atom. The predicted molar refractivity (Wildman–Crippen MR) is 154 cm³/mol. The second-order valence-corrected chi connectivity index (χ2v) is 12.5. The number of thiazole rings is 1. The average Bonchev–Trinajstić information content (AvgIpc) is 3.21. The van der Waals surface area contributed by atoms with Crippen LogP contribution in [0.15, 0.2) is 24.3 Å². The molecular formula is C29H42FN5O3S. The van der Waals surface area contributed by atoms with Gasteiger partial charge in [0.15, 0.2) is 10.9 Å². The number of aromatic nitrogens is 1. The van der Waals surface area contributed by atoms with Crippen LogP contribution in [0.2, 0.25) is 0 Å². The molecular weight excluding hydrogens is 517 g/mol. The molecule has 1 fully saturated rings. The zero-order valence-electron chi connectivity index (χ0n) is 23.9. The largest absolute Gasteiger partial charge is 0.353 e. The van der Waals surface area contributed by atoms with Crippen molar-refractivity contribution in [3.05, 3.63) is 46.2 Å². The fourth-order valence-corrected chi connectivity index (χ4v) is 6.43. The molecule has 1 aliphatic rings. The minimum absolute atomic E-state index is 0.00523. The van der Waals surface area contributed by atoms with Crippen LogP contribution >= 0.6 is 11.3 Å². The number of Topliss-reactive ketones (excluding diaryl/α,β-unsaturated/α-hetero) is 1. The summed E-state index contributed by atoms with van der Waals surface area (Å²) >= 11 is 1.17. The number of benzene rings is 1. The summed E-state index contributed by atoms with van der Waals surface area (Å²) in [6, 6.07) is 6.17. The van der Waals surface area contributed by atoms with Crippen molar-refractivity contribution in [3.63, 3.8) is 0 Å². The highest BCUT2D eigenvalue weighted by Gasteiger charge is 2.34. The van der Waals surface area contributed by atoms with Crippen molar-refractivity contribution in [2.75, 3.05) is 25.5 Å². The number of aryl methyl sites for hydroxylation is 1. The first-order valence-electron chi connectivity index (χ1n) is 13.6. The Kier molecular flexibility index (Phi) is 10.6. The maximum Gasteiger partial charge on any atom is 0.321 e. The smallest absolute Gasteiger partial charge is 0.321 e. The van der Waals surface area contributed by atoms with Crippen LogP contribution in [-0.2, 0) is 11.2 Å². The Morgan fingerprint density at radius 1 is 1.15 bits per heavy atom. The number of hydrogen-bond acceptors (Lipinski definition) is 6. The summed E-state index contributed by atoms with van der Waals surface area (Å²) in [6.07, 6.45) is 3.62. The summed E-state index contributed by atoms with van der Waals surface area (Å²) in [6.45, 7) is 11.1. The van der Waals surface area contributed by atoms with Crippen molar-refractivity contribution in [1.29, 1.82) is 0 Å². The van der Waals surface area contributed by atoms with Crippen molar-refractivity contribution < 1.29 is 18.8 Å². The van der Waals surface area contributed by atoms with Crippen molar-refractivity contribution >= 4 is 34.2 Å². The lowest BCUT2D eigenvalue weighted by Gasteiger charge is -2.40.